The van der Waals surface area contributed by atoms with Gasteiger partial charge in [0.15, 0.2) is 11.5 Å². The van der Waals surface area contributed by atoms with Gasteiger partial charge in [-0.2, -0.15) is 5.26 Å². The molecule has 2 aromatic carbocycles. The van der Waals surface area contributed by atoms with Gasteiger partial charge in [0.2, 0.25) is 0 Å². The van der Waals surface area contributed by atoms with E-state index in [0.29, 0.717) is 22.6 Å². The summed E-state index contributed by atoms with van der Waals surface area (Å²) in [5.74, 6) is 0.174. The summed E-state index contributed by atoms with van der Waals surface area (Å²) in [5, 5.41) is 18.3. The molecular formula is C18H15NO4. The van der Waals surface area contributed by atoms with E-state index in [-0.39, 0.29) is 5.56 Å². The molecule has 0 fully saturated rings. The molecule has 0 unspecified atom stereocenters. The van der Waals surface area contributed by atoms with Gasteiger partial charge in [0.05, 0.1) is 31.4 Å². The average molecular weight is 309 g/mol. The summed E-state index contributed by atoms with van der Waals surface area (Å²) in [5.41, 5.74) is 2.03. The minimum absolute atomic E-state index is 0.178. The van der Waals surface area contributed by atoms with Gasteiger partial charge in [0.25, 0.3) is 0 Å². The Kier molecular flexibility index (Phi) is 5.00. The summed E-state index contributed by atoms with van der Waals surface area (Å²) in [4.78, 5) is 10.9. The van der Waals surface area contributed by atoms with Crippen molar-refractivity contribution in [2.45, 2.75) is 0 Å². The normalized spacial score (nSPS) is 10.7. The second-order valence-electron chi connectivity index (χ2n) is 4.67. The summed E-state index contributed by atoms with van der Waals surface area (Å²) in [6.45, 7) is 0. The summed E-state index contributed by atoms with van der Waals surface area (Å²) in [6, 6.07) is 13.6. The Morgan fingerprint density at radius 2 is 1.65 bits per heavy atom. The number of allylic oxidation sites excluding steroid dienone is 1. The number of carboxylic acid groups (broad SMARTS) is 1. The van der Waals surface area contributed by atoms with Crippen molar-refractivity contribution in [1.82, 2.24) is 0 Å². The van der Waals surface area contributed by atoms with Gasteiger partial charge in [-0.3, -0.25) is 0 Å². The molecule has 2 rings (SSSR count). The first-order valence-electron chi connectivity index (χ1n) is 6.76. The minimum Gasteiger partial charge on any atom is -0.493 e. The molecule has 1 N–H and O–H groups in total. The first-order chi connectivity index (χ1) is 11.1. The van der Waals surface area contributed by atoms with Gasteiger partial charge in [-0.05, 0) is 41.5 Å². The maximum Gasteiger partial charge on any atom is 0.335 e. The summed E-state index contributed by atoms with van der Waals surface area (Å²) < 4.78 is 10.4. The number of methoxy groups -OCH3 is 2. The summed E-state index contributed by atoms with van der Waals surface area (Å²) in [7, 11) is 3.10. The molecule has 0 aromatic heterocycles. The Bertz CT molecular complexity index is 786. The second kappa shape index (κ2) is 7.14. The Labute approximate surface area is 134 Å². The number of rotatable bonds is 5. The van der Waals surface area contributed by atoms with Crippen LogP contribution in [0.3, 0.4) is 0 Å². The van der Waals surface area contributed by atoms with E-state index in [2.05, 4.69) is 6.07 Å². The Morgan fingerprint density at radius 3 is 2.17 bits per heavy atom. The molecule has 0 aliphatic carbocycles. The van der Waals surface area contributed by atoms with Crippen molar-refractivity contribution < 1.29 is 19.4 Å². The molecule has 116 valence electrons. The Balaban J connectivity index is 2.39. The highest BCUT2D eigenvalue weighted by Gasteiger charge is 2.07. The average Bonchev–Trinajstić information content (AvgIpc) is 2.59. The van der Waals surface area contributed by atoms with Crippen molar-refractivity contribution in [2.24, 2.45) is 0 Å². The predicted octanol–water partition coefficient (Wildman–Crippen LogP) is 3.47. The second-order valence-corrected chi connectivity index (χ2v) is 4.67. The van der Waals surface area contributed by atoms with E-state index >= 15 is 0 Å². The largest absolute Gasteiger partial charge is 0.493 e. The fourth-order valence-corrected chi connectivity index (χ4v) is 2.08. The van der Waals surface area contributed by atoms with Gasteiger partial charge >= 0.3 is 5.97 Å². The van der Waals surface area contributed by atoms with Crippen molar-refractivity contribution in [1.29, 1.82) is 5.26 Å². The van der Waals surface area contributed by atoms with Crippen LogP contribution in [0.5, 0.6) is 11.5 Å². The Hall–Kier alpha value is -3.26. The molecule has 0 aliphatic rings. The van der Waals surface area contributed by atoms with Crippen molar-refractivity contribution in [2.75, 3.05) is 14.2 Å². The van der Waals surface area contributed by atoms with Crippen LogP contribution in [0.25, 0.3) is 11.6 Å². The lowest BCUT2D eigenvalue weighted by Gasteiger charge is -2.08. The Morgan fingerprint density at radius 1 is 1.04 bits per heavy atom. The molecule has 0 amide bonds. The molecule has 0 radical (unpaired) electrons. The summed E-state index contributed by atoms with van der Waals surface area (Å²) in [6.07, 6.45) is 1.71. The lowest BCUT2D eigenvalue weighted by atomic mass is 10.0. The van der Waals surface area contributed by atoms with Crippen LogP contribution in [0.2, 0.25) is 0 Å². The lowest BCUT2D eigenvalue weighted by Crippen LogP contribution is -1.95. The van der Waals surface area contributed by atoms with Gasteiger partial charge < -0.3 is 14.6 Å². The fourth-order valence-electron chi connectivity index (χ4n) is 2.08. The molecular weight excluding hydrogens is 294 g/mol. The third-order valence-electron chi connectivity index (χ3n) is 3.28. The highest BCUT2D eigenvalue weighted by Crippen LogP contribution is 2.29. The highest BCUT2D eigenvalue weighted by molar-refractivity contribution is 5.92. The molecule has 5 heteroatoms. The number of hydrogen-bond donors (Lipinski definition) is 1. The molecule has 23 heavy (non-hydrogen) atoms. The van der Waals surface area contributed by atoms with Crippen LogP contribution in [-0.2, 0) is 0 Å². The zero-order valence-electron chi connectivity index (χ0n) is 12.7. The number of nitrogens with zero attached hydrogens (tertiary/aromatic N) is 1. The number of nitriles is 1. The smallest absolute Gasteiger partial charge is 0.335 e. The molecule has 0 bridgehead atoms. The molecule has 0 saturated carbocycles. The zero-order chi connectivity index (χ0) is 16.8. The summed E-state index contributed by atoms with van der Waals surface area (Å²) >= 11 is 0. The van der Waals surface area contributed by atoms with Crippen LogP contribution in [0, 0.1) is 11.3 Å². The molecule has 2 aromatic rings. The number of ether oxygens (including phenoxy) is 2. The third-order valence-corrected chi connectivity index (χ3v) is 3.28. The van der Waals surface area contributed by atoms with E-state index in [1.807, 2.05) is 6.07 Å². The van der Waals surface area contributed by atoms with Gasteiger partial charge in [0.1, 0.15) is 0 Å². The number of carboxylic acids is 1. The van der Waals surface area contributed by atoms with Gasteiger partial charge in [-0.1, -0.05) is 18.2 Å². The van der Waals surface area contributed by atoms with E-state index in [4.69, 9.17) is 14.6 Å². The van der Waals surface area contributed by atoms with E-state index < -0.39 is 5.97 Å². The minimum atomic E-state index is -1.00. The molecule has 0 aliphatic heterocycles. The molecule has 0 atom stereocenters. The number of benzene rings is 2. The molecule has 0 saturated heterocycles. The molecule has 0 spiro atoms. The molecule has 5 nitrogen and oxygen atoms in total. The fraction of sp³-hybridized carbons (Fsp3) is 0.111. The van der Waals surface area contributed by atoms with Crippen molar-refractivity contribution in [3.63, 3.8) is 0 Å². The number of hydrogen-bond acceptors (Lipinski definition) is 4. The van der Waals surface area contributed by atoms with E-state index in [0.717, 1.165) is 5.56 Å². The van der Waals surface area contributed by atoms with E-state index in [1.54, 1.807) is 44.6 Å². The van der Waals surface area contributed by atoms with Gasteiger partial charge in [-0.15, -0.1) is 0 Å². The van der Waals surface area contributed by atoms with Crippen LogP contribution >= 0.6 is 0 Å². The predicted molar refractivity (Wildman–Crippen MR) is 86.4 cm³/mol. The zero-order valence-corrected chi connectivity index (χ0v) is 12.7. The lowest BCUT2D eigenvalue weighted by molar-refractivity contribution is 0.0697. The van der Waals surface area contributed by atoms with Gasteiger partial charge in [0, 0.05) is 0 Å². The first kappa shape index (κ1) is 16.1. The van der Waals surface area contributed by atoms with E-state index in [9.17, 15) is 10.1 Å². The van der Waals surface area contributed by atoms with E-state index in [1.165, 1.54) is 12.1 Å². The maximum atomic E-state index is 10.9. The van der Waals surface area contributed by atoms with Crippen molar-refractivity contribution in [3.8, 4) is 17.6 Å². The van der Waals surface area contributed by atoms with Crippen LogP contribution in [0.15, 0.2) is 42.5 Å². The first-order valence-corrected chi connectivity index (χ1v) is 6.76. The monoisotopic (exact) mass is 309 g/mol. The maximum absolute atomic E-state index is 10.9. The SMILES string of the molecule is COc1ccc(C=C(C#N)c2ccc(C(=O)O)cc2)cc1OC. The molecule has 0 heterocycles. The standard InChI is InChI=1S/C18H15NO4/c1-22-16-8-3-12(10-17(16)23-2)9-15(11-19)13-4-6-14(7-5-13)18(20)21/h3-10H,1-2H3,(H,20,21). The van der Waals surface area contributed by atoms with Crippen molar-refractivity contribution >= 4 is 17.6 Å². The quantitative estimate of drug-likeness (QED) is 0.676. The highest BCUT2D eigenvalue weighted by atomic mass is 16.5. The van der Waals surface area contributed by atoms with Crippen molar-refractivity contribution in [3.05, 3.63) is 59.2 Å². The van der Waals surface area contributed by atoms with Crippen LogP contribution in [-0.4, -0.2) is 25.3 Å². The topological polar surface area (TPSA) is 79.5 Å². The number of aromatic carboxylic acids is 1. The van der Waals surface area contributed by atoms with Gasteiger partial charge in [-0.25, -0.2) is 4.79 Å². The number of carbonyl (C=O) groups is 1. The van der Waals surface area contributed by atoms with Crippen LogP contribution in [0.4, 0.5) is 0 Å². The van der Waals surface area contributed by atoms with Crippen LogP contribution in [0.1, 0.15) is 21.5 Å². The van der Waals surface area contributed by atoms with Crippen LogP contribution < -0.4 is 9.47 Å². The third kappa shape index (κ3) is 3.69.